The van der Waals surface area contributed by atoms with Crippen LogP contribution in [0.15, 0.2) is 28.2 Å². The van der Waals surface area contributed by atoms with E-state index in [4.69, 9.17) is 4.74 Å². The van der Waals surface area contributed by atoms with Gasteiger partial charge in [0.25, 0.3) is 5.91 Å². The van der Waals surface area contributed by atoms with E-state index in [1.165, 1.54) is 22.7 Å². The maximum absolute atomic E-state index is 12.5. The molecule has 9 heteroatoms. The fraction of sp³-hybridized carbons (Fsp3) is 0.294. The Labute approximate surface area is 167 Å². The first kappa shape index (κ1) is 18.9. The number of amides is 1. The number of methoxy groups -OCH3 is 1. The van der Waals surface area contributed by atoms with Crippen LogP contribution in [0.2, 0.25) is 0 Å². The summed E-state index contributed by atoms with van der Waals surface area (Å²) in [6, 6.07) is 7.79. The van der Waals surface area contributed by atoms with Gasteiger partial charge in [-0.25, -0.2) is 4.98 Å². The minimum Gasteiger partial charge on any atom is -0.497 e. The lowest BCUT2D eigenvalue weighted by Gasteiger charge is -2.04. The Kier molecular flexibility index (Phi) is 6.00. The van der Waals surface area contributed by atoms with Crippen LogP contribution < -0.4 is 10.1 Å². The van der Waals surface area contributed by atoms with Gasteiger partial charge in [-0.2, -0.15) is 0 Å². The molecular weight excluding hydrogens is 436 g/mol. The lowest BCUT2D eigenvalue weighted by molar-refractivity contribution is 0.102. The molecule has 0 saturated carbocycles. The number of thiazole rings is 1. The van der Waals surface area contributed by atoms with E-state index in [1.807, 2.05) is 38.1 Å². The molecule has 3 aromatic rings. The lowest BCUT2D eigenvalue weighted by Crippen LogP contribution is -2.14. The SMILES string of the molecule is COc1ccc(Cc2nnc(NC(=O)c3nc(Br)sc3C(C)C)s2)cc1. The van der Waals surface area contributed by atoms with Gasteiger partial charge in [-0.3, -0.25) is 10.1 Å². The quantitative estimate of drug-likeness (QED) is 0.584. The Morgan fingerprint density at radius 2 is 1.96 bits per heavy atom. The first-order valence-electron chi connectivity index (χ1n) is 7.89. The molecule has 0 unspecified atom stereocenters. The van der Waals surface area contributed by atoms with Crippen LogP contribution >= 0.6 is 38.6 Å². The molecule has 2 heterocycles. The number of benzene rings is 1. The maximum Gasteiger partial charge on any atom is 0.277 e. The van der Waals surface area contributed by atoms with Crippen molar-refractivity contribution in [2.24, 2.45) is 0 Å². The molecular formula is C17H17BrN4O2S2. The van der Waals surface area contributed by atoms with E-state index in [0.29, 0.717) is 21.2 Å². The summed E-state index contributed by atoms with van der Waals surface area (Å²) in [4.78, 5) is 17.8. The van der Waals surface area contributed by atoms with Crippen LogP contribution in [0.4, 0.5) is 5.13 Å². The third kappa shape index (κ3) is 4.46. The van der Waals surface area contributed by atoms with Crippen molar-refractivity contribution in [2.75, 3.05) is 12.4 Å². The van der Waals surface area contributed by atoms with Crippen LogP contribution in [0.25, 0.3) is 0 Å². The Hall–Kier alpha value is -1.84. The molecule has 0 saturated heterocycles. The zero-order valence-electron chi connectivity index (χ0n) is 14.4. The molecule has 136 valence electrons. The van der Waals surface area contributed by atoms with Gasteiger partial charge in [0, 0.05) is 11.3 Å². The van der Waals surface area contributed by atoms with E-state index in [-0.39, 0.29) is 11.8 Å². The van der Waals surface area contributed by atoms with E-state index < -0.39 is 0 Å². The Morgan fingerprint density at radius 1 is 1.23 bits per heavy atom. The molecule has 0 spiro atoms. The lowest BCUT2D eigenvalue weighted by atomic mass is 10.1. The van der Waals surface area contributed by atoms with Crippen LogP contribution in [-0.4, -0.2) is 28.2 Å². The van der Waals surface area contributed by atoms with Gasteiger partial charge in [-0.15, -0.1) is 21.5 Å². The second kappa shape index (κ2) is 8.24. The predicted octanol–water partition coefficient (Wildman–Crippen LogP) is 4.73. The fourth-order valence-electron chi connectivity index (χ4n) is 2.31. The van der Waals surface area contributed by atoms with Gasteiger partial charge in [0.2, 0.25) is 5.13 Å². The summed E-state index contributed by atoms with van der Waals surface area (Å²) in [5, 5.41) is 12.3. The minimum absolute atomic E-state index is 0.222. The molecule has 26 heavy (non-hydrogen) atoms. The van der Waals surface area contributed by atoms with Crippen molar-refractivity contribution in [1.29, 1.82) is 0 Å². The monoisotopic (exact) mass is 452 g/mol. The van der Waals surface area contributed by atoms with E-state index >= 15 is 0 Å². The Bertz CT molecular complexity index is 906. The fourth-order valence-corrected chi connectivity index (χ4v) is 4.57. The van der Waals surface area contributed by atoms with Crippen LogP contribution in [0.3, 0.4) is 0 Å². The molecule has 0 fully saturated rings. The van der Waals surface area contributed by atoms with Crippen molar-refractivity contribution in [3.8, 4) is 5.75 Å². The number of rotatable bonds is 6. The van der Waals surface area contributed by atoms with Crippen molar-refractivity contribution in [3.05, 3.63) is 49.3 Å². The highest BCUT2D eigenvalue weighted by Gasteiger charge is 2.21. The summed E-state index contributed by atoms with van der Waals surface area (Å²) < 4.78 is 5.85. The third-order valence-electron chi connectivity index (χ3n) is 3.57. The summed E-state index contributed by atoms with van der Waals surface area (Å²) in [7, 11) is 1.64. The molecule has 0 radical (unpaired) electrons. The Morgan fingerprint density at radius 3 is 2.62 bits per heavy atom. The molecule has 0 atom stereocenters. The van der Waals surface area contributed by atoms with Gasteiger partial charge < -0.3 is 4.74 Å². The number of carbonyl (C=O) groups excluding carboxylic acids is 1. The molecule has 6 nitrogen and oxygen atoms in total. The number of aromatic nitrogens is 3. The summed E-state index contributed by atoms with van der Waals surface area (Å²) >= 11 is 6.18. The maximum atomic E-state index is 12.5. The number of halogens is 1. The van der Waals surface area contributed by atoms with Crippen LogP contribution in [0.1, 0.15) is 45.7 Å². The third-order valence-corrected chi connectivity index (χ3v) is 6.21. The van der Waals surface area contributed by atoms with E-state index in [1.54, 1.807) is 7.11 Å². The number of nitrogens with one attached hydrogen (secondary N) is 1. The van der Waals surface area contributed by atoms with Crippen molar-refractivity contribution in [1.82, 2.24) is 15.2 Å². The summed E-state index contributed by atoms with van der Waals surface area (Å²) in [5.74, 6) is 0.775. The molecule has 1 N–H and O–H groups in total. The molecule has 0 aliphatic carbocycles. The average molecular weight is 453 g/mol. The standard InChI is InChI=1S/C17H17BrN4O2S2/c1-9(2)14-13(19-16(18)26-14)15(23)20-17-22-21-12(25-17)8-10-4-6-11(24-3)7-5-10/h4-7,9H,8H2,1-3H3,(H,20,22,23). The molecule has 0 aliphatic heterocycles. The molecule has 1 amide bonds. The first-order chi connectivity index (χ1) is 12.5. The zero-order valence-corrected chi connectivity index (χ0v) is 17.7. The second-order valence-corrected chi connectivity index (χ2v) is 9.18. The van der Waals surface area contributed by atoms with E-state index in [0.717, 1.165) is 21.2 Å². The number of hydrogen-bond donors (Lipinski definition) is 1. The van der Waals surface area contributed by atoms with E-state index in [9.17, 15) is 4.79 Å². The van der Waals surface area contributed by atoms with E-state index in [2.05, 4.69) is 36.4 Å². The number of carbonyl (C=O) groups is 1. The van der Waals surface area contributed by atoms with Crippen molar-refractivity contribution in [2.45, 2.75) is 26.2 Å². The average Bonchev–Trinajstić information content (AvgIpc) is 3.22. The highest BCUT2D eigenvalue weighted by atomic mass is 79.9. The van der Waals surface area contributed by atoms with Gasteiger partial charge in [0.15, 0.2) is 3.92 Å². The van der Waals surface area contributed by atoms with Crippen molar-refractivity contribution in [3.63, 3.8) is 0 Å². The van der Waals surface area contributed by atoms with Gasteiger partial charge in [-0.1, -0.05) is 37.3 Å². The summed E-state index contributed by atoms with van der Waals surface area (Å²) in [5.41, 5.74) is 1.54. The second-order valence-electron chi connectivity index (χ2n) is 5.81. The highest BCUT2D eigenvalue weighted by molar-refractivity contribution is 9.11. The van der Waals surface area contributed by atoms with Crippen LogP contribution in [0.5, 0.6) is 5.75 Å². The zero-order chi connectivity index (χ0) is 18.7. The van der Waals surface area contributed by atoms with Crippen molar-refractivity contribution < 1.29 is 9.53 Å². The van der Waals surface area contributed by atoms with Gasteiger partial charge in [-0.05, 0) is 39.5 Å². The topological polar surface area (TPSA) is 77.0 Å². The first-order valence-corrected chi connectivity index (χ1v) is 10.3. The largest absolute Gasteiger partial charge is 0.497 e. The number of ether oxygens (including phenoxy) is 1. The van der Waals surface area contributed by atoms with Gasteiger partial charge >= 0.3 is 0 Å². The highest BCUT2D eigenvalue weighted by Crippen LogP contribution is 2.30. The summed E-state index contributed by atoms with van der Waals surface area (Å²) in [6.45, 7) is 4.07. The molecule has 3 rings (SSSR count). The number of nitrogens with zero attached hydrogens (tertiary/aromatic N) is 3. The number of anilines is 1. The normalized spacial score (nSPS) is 11.0. The Balaban J connectivity index is 1.69. The van der Waals surface area contributed by atoms with Crippen LogP contribution in [-0.2, 0) is 6.42 Å². The summed E-state index contributed by atoms with van der Waals surface area (Å²) in [6.07, 6.45) is 0.650. The molecule has 1 aromatic carbocycles. The van der Waals surface area contributed by atoms with Crippen LogP contribution in [0, 0.1) is 0 Å². The molecule has 0 bridgehead atoms. The molecule has 2 aromatic heterocycles. The smallest absolute Gasteiger partial charge is 0.277 e. The molecule has 0 aliphatic rings. The van der Waals surface area contributed by atoms with Gasteiger partial charge in [0.1, 0.15) is 16.5 Å². The van der Waals surface area contributed by atoms with Crippen molar-refractivity contribution >= 4 is 49.6 Å². The van der Waals surface area contributed by atoms with Gasteiger partial charge in [0.05, 0.1) is 7.11 Å². The predicted molar refractivity (Wildman–Crippen MR) is 108 cm³/mol. The minimum atomic E-state index is -0.261. The number of hydrogen-bond acceptors (Lipinski definition) is 7.